The van der Waals surface area contributed by atoms with Crippen LogP contribution in [0.25, 0.3) is 0 Å². The molecule has 0 spiro atoms. The fourth-order valence-corrected chi connectivity index (χ4v) is 6.17. The molecule has 0 saturated heterocycles. The van der Waals surface area contributed by atoms with Gasteiger partial charge in [0, 0.05) is 25.7 Å². The summed E-state index contributed by atoms with van der Waals surface area (Å²) in [6.07, 6.45) is 31.4. The van der Waals surface area contributed by atoms with E-state index in [1.54, 1.807) is 0 Å². The summed E-state index contributed by atoms with van der Waals surface area (Å²) in [6.45, 7) is 4.47. The molecule has 12 nitrogen and oxygen atoms in total. The zero-order valence-electron chi connectivity index (χ0n) is 35.9. The molecule has 2 atom stereocenters. The molecule has 0 aliphatic carbocycles. The molecule has 0 heterocycles. The summed E-state index contributed by atoms with van der Waals surface area (Å²) >= 11 is 0. The number of carbonyl (C=O) groups excluding carboxylic acids is 4. The average Bonchev–Trinajstić information content (AvgIpc) is 3.12. The van der Waals surface area contributed by atoms with Crippen LogP contribution in [0.3, 0.4) is 0 Å². The van der Waals surface area contributed by atoms with Crippen molar-refractivity contribution in [3.63, 3.8) is 0 Å². The van der Waals surface area contributed by atoms with Crippen LogP contribution >= 0.6 is 0 Å². The molecule has 56 heavy (non-hydrogen) atoms. The third-order valence-electron chi connectivity index (χ3n) is 9.55. The second-order valence-corrected chi connectivity index (χ2v) is 14.7. The van der Waals surface area contributed by atoms with Gasteiger partial charge in [0.25, 0.3) is 0 Å². The minimum absolute atomic E-state index is 0. The standard InChI is InChI=1S/C23H43NO5.C19H35NO5.2Na/c1-2-3-4-5-6-7-8-9-10-11-12-13-14-15-16-17-21(25)24-20(23(28)29)18-19-22(26)27;1-2-3-4-5-6-7-8-9-10-11-12-13-17(21)20-16(19(24)25)14-15-18(22)23;;/h20H,2-19H2,1H3,(H,24,25)(H,26,27)(H,28,29);16H,2-15H2,1H3,(H,20,21)(H,22,23)(H,24,25);;/q;;2*+1/p-2/t20-;16-;;/m00../s1. The summed E-state index contributed by atoms with van der Waals surface area (Å²) in [5, 5.41) is 43.7. The van der Waals surface area contributed by atoms with Gasteiger partial charge in [-0.2, -0.15) is 0 Å². The van der Waals surface area contributed by atoms with Crippen LogP contribution in [0.1, 0.15) is 219 Å². The van der Waals surface area contributed by atoms with Crippen LogP contribution in [-0.2, 0) is 28.8 Å². The van der Waals surface area contributed by atoms with Gasteiger partial charge in [0.05, 0.1) is 24.0 Å². The number of carboxylic acid groups (broad SMARTS) is 4. The summed E-state index contributed by atoms with van der Waals surface area (Å²) in [7, 11) is 0. The van der Waals surface area contributed by atoms with E-state index < -0.39 is 36.0 Å². The number of unbranched alkanes of at least 4 members (excludes halogenated alkanes) is 24. The first kappa shape index (κ1) is 61.5. The number of hydrogen-bond acceptors (Lipinski definition) is 8. The molecule has 0 aromatic heterocycles. The van der Waals surface area contributed by atoms with E-state index in [-0.39, 0.29) is 109 Å². The largest absolute Gasteiger partial charge is 1.00 e. The molecule has 4 N–H and O–H groups in total. The second kappa shape index (κ2) is 46.5. The first-order valence-electron chi connectivity index (χ1n) is 21.4. The Labute approximate surface area is 383 Å². The van der Waals surface area contributed by atoms with E-state index in [1.165, 1.54) is 128 Å². The van der Waals surface area contributed by atoms with Crippen molar-refractivity contribution in [3.05, 3.63) is 0 Å². The van der Waals surface area contributed by atoms with E-state index in [1.807, 2.05) is 0 Å². The molecule has 0 unspecified atom stereocenters. The molecule has 0 aliphatic heterocycles. The SMILES string of the molecule is CCCCCCCCCCCCCC(=O)N[C@@H](CCC(=O)O)C(=O)[O-].CCCCCCCCCCCCCCCCCC(=O)N[C@@H](CCC(=O)O)C(=O)[O-].[Na+].[Na+]. The molecule has 0 aromatic rings. The molecule has 316 valence electrons. The van der Waals surface area contributed by atoms with Gasteiger partial charge in [0.2, 0.25) is 11.8 Å². The molecule has 0 radical (unpaired) electrons. The molecule has 0 fully saturated rings. The number of carboxylic acids is 4. The quantitative estimate of drug-likeness (QED) is 0.0516. The number of carbonyl (C=O) groups is 6. The molecule has 0 aromatic carbocycles. The topological polar surface area (TPSA) is 213 Å². The Morgan fingerprint density at radius 2 is 0.607 bits per heavy atom. The van der Waals surface area contributed by atoms with E-state index in [0.29, 0.717) is 0 Å². The van der Waals surface area contributed by atoms with Gasteiger partial charge in [-0.05, 0) is 25.7 Å². The van der Waals surface area contributed by atoms with E-state index in [9.17, 15) is 39.0 Å². The normalized spacial score (nSPS) is 11.5. The van der Waals surface area contributed by atoms with Gasteiger partial charge in [-0.25, -0.2) is 0 Å². The van der Waals surface area contributed by atoms with Crippen LogP contribution in [0.15, 0.2) is 0 Å². The number of amides is 2. The molecule has 14 heteroatoms. The van der Waals surface area contributed by atoms with Crippen molar-refractivity contribution in [2.75, 3.05) is 0 Å². The van der Waals surface area contributed by atoms with Crippen molar-refractivity contribution in [2.45, 2.75) is 231 Å². The van der Waals surface area contributed by atoms with Gasteiger partial charge in [-0.1, -0.05) is 168 Å². The number of hydrogen-bond donors (Lipinski definition) is 4. The van der Waals surface area contributed by atoms with Crippen molar-refractivity contribution < 1.29 is 108 Å². The van der Waals surface area contributed by atoms with E-state index in [2.05, 4.69) is 24.5 Å². The smallest absolute Gasteiger partial charge is 0.548 e. The van der Waals surface area contributed by atoms with Gasteiger partial charge in [-0.15, -0.1) is 0 Å². The second-order valence-electron chi connectivity index (χ2n) is 14.7. The van der Waals surface area contributed by atoms with Gasteiger partial charge < -0.3 is 40.6 Å². The molecule has 0 rings (SSSR count). The molecular weight excluding hydrogens is 738 g/mol. The summed E-state index contributed by atoms with van der Waals surface area (Å²) in [6, 6.07) is -2.45. The van der Waals surface area contributed by atoms with Gasteiger partial charge in [0.15, 0.2) is 0 Å². The summed E-state index contributed by atoms with van der Waals surface area (Å²) in [4.78, 5) is 66.3. The maximum absolute atomic E-state index is 11.8. The van der Waals surface area contributed by atoms with Crippen LogP contribution in [0, 0.1) is 0 Å². The van der Waals surface area contributed by atoms with Gasteiger partial charge >= 0.3 is 71.1 Å². The molecular formula is C42H76N2Na2O10. The third kappa shape index (κ3) is 47.2. The zero-order chi connectivity index (χ0) is 40.7. The Morgan fingerprint density at radius 3 is 0.804 bits per heavy atom. The molecule has 0 aliphatic rings. The Balaban J connectivity index is -0.000000471. The predicted molar refractivity (Wildman–Crippen MR) is 208 cm³/mol. The number of nitrogens with one attached hydrogen (secondary N) is 2. The molecule has 2 amide bonds. The number of aliphatic carboxylic acids is 4. The zero-order valence-corrected chi connectivity index (χ0v) is 39.9. The Hall–Kier alpha value is -1.18. The monoisotopic (exact) mass is 815 g/mol. The van der Waals surface area contributed by atoms with E-state index in [0.717, 1.165) is 38.5 Å². The van der Waals surface area contributed by atoms with Crippen LogP contribution in [0.2, 0.25) is 0 Å². The van der Waals surface area contributed by atoms with Crippen LogP contribution in [0.4, 0.5) is 0 Å². The van der Waals surface area contributed by atoms with Crippen molar-refractivity contribution in [2.24, 2.45) is 0 Å². The Bertz CT molecular complexity index is 987. The Kier molecular flexibility index (Phi) is 51.1. The fourth-order valence-electron chi connectivity index (χ4n) is 6.17. The van der Waals surface area contributed by atoms with Crippen LogP contribution in [-0.4, -0.2) is 58.0 Å². The maximum Gasteiger partial charge on any atom is 1.00 e. The average molecular weight is 815 g/mol. The maximum atomic E-state index is 11.8. The molecule has 0 bridgehead atoms. The van der Waals surface area contributed by atoms with Crippen molar-refractivity contribution >= 4 is 35.7 Å². The van der Waals surface area contributed by atoms with Crippen molar-refractivity contribution in [1.29, 1.82) is 0 Å². The molecule has 0 saturated carbocycles. The van der Waals surface area contributed by atoms with Crippen LogP contribution in [0.5, 0.6) is 0 Å². The summed E-state index contributed by atoms with van der Waals surface area (Å²) in [5.41, 5.74) is 0. The Morgan fingerprint density at radius 1 is 0.393 bits per heavy atom. The summed E-state index contributed by atoms with van der Waals surface area (Å²) in [5.74, 6) is -5.75. The van der Waals surface area contributed by atoms with Crippen molar-refractivity contribution in [3.8, 4) is 0 Å². The first-order valence-corrected chi connectivity index (χ1v) is 21.4. The summed E-state index contributed by atoms with van der Waals surface area (Å²) < 4.78 is 0. The minimum atomic E-state index is -1.44. The van der Waals surface area contributed by atoms with Crippen LogP contribution < -0.4 is 80.0 Å². The minimum Gasteiger partial charge on any atom is -0.548 e. The van der Waals surface area contributed by atoms with E-state index in [4.69, 9.17) is 10.2 Å². The fraction of sp³-hybridized carbons (Fsp3) is 0.857. The first-order chi connectivity index (χ1) is 25.9. The predicted octanol–water partition coefficient (Wildman–Crippen LogP) is 1.14. The third-order valence-corrected chi connectivity index (χ3v) is 9.55. The van der Waals surface area contributed by atoms with E-state index >= 15 is 0 Å². The number of rotatable bonds is 38. The van der Waals surface area contributed by atoms with Crippen molar-refractivity contribution in [1.82, 2.24) is 10.6 Å². The van der Waals surface area contributed by atoms with Gasteiger partial charge in [-0.3, -0.25) is 19.2 Å². The van der Waals surface area contributed by atoms with Gasteiger partial charge in [0.1, 0.15) is 0 Å².